The third kappa shape index (κ3) is 2.76. The fourth-order valence-corrected chi connectivity index (χ4v) is 3.70. The monoisotopic (exact) mass is 314 g/mol. The van der Waals surface area contributed by atoms with Crippen LogP contribution in [0.2, 0.25) is 0 Å². The molecular weight excluding hydrogens is 296 g/mol. The summed E-state index contributed by atoms with van der Waals surface area (Å²) in [6, 6.07) is 8.05. The van der Waals surface area contributed by atoms with Crippen LogP contribution in [0.1, 0.15) is 32.1 Å². The first-order valence-electron chi connectivity index (χ1n) is 7.11. The summed E-state index contributed by atoms with van der Waals surface area (Å²) in [5.74, 6) is -0.278. The number of thiophene rings is 1. The zero-order chi connectivity index (χ0) is 15.9. The second-order valence-corrected chi connectivity index (χ2v) is 6.64. The normalized spacial score (nSPS) is 11.1. The Morgan fingerprint density at radius 2 is 1.86 bits per heavy atom. The number of aryl methyl sites for hydroxylation is 4. The lowest BCUT2D eigenvalue weighted by molar-refractivity contribution is 0.0478. The minimum absolute atomic E-state index is 0.278. The van der Waals surface area contributed by atoms with Gasteiger partial charge < -0.3 is 4.74 Å². The van der Waals surface area contributed by atoms with Crippen molar-refractivity contribution in [1.82, 2.24) is 9.78 Å². The Balaban J connectivity index is 1.77. The molecule has 5 heteroatoms. The maximum absolute atomic E-state index is 12.2. The van der Waals surface area contributed by atoms with Crippen LogP contribution in [0.25, 0.3) is 10.2 Å². The number of ether oxygens (including phenoxy) is 1. The predicted octanol–water partition coefficient (Wildman–Crippen LogP) is 3.92. The maximum Gasteiger partial charge on any atom is 0.348 e. The number of rotatable bonds is 3. The number of fused-ring (bicyclic) bond motifs is 1. The molecule has 22 heavy (non-hydrogen) atoms. The van der Waals surface area contributed by atoms with Gasteiger partial charge in [-0.2, -0.15) is 5.10 Å². The summed E-state index contributed by atoms with van der Waals surface area (Å²) in [7, 11) is 1.89. The molecule has 0 saturated carbocycles. The Labute approximate surface area is 133 Å². The molecule has 0 aliphatic heterocycles. The molecule has 1 aromatic carbocycles. The van der Waals surface area contributed by atoms with Crippen LogP contribution in [0.4, 0.5) is 0 Å². The molecule has 0 radical (unpaired) electrons. The molecule has 3 aromatic rings. The van der Waals surface area contributed by atoms with Gasteiger partial charge in [0.15, 0.2) is 0 Å². The first-order valence-corrected chi connectivity index (χ1v) is 7.93. The Hall–Kier alpha value is -2.14. The van der Waals surface area contributed by atoms with E-state index in [1.54, 1.807) is 4.68 Å². The van der Waals surface area contributed by atoms with E-state index >= 15 is 0 Å². The summed E-state index contributed by atoms with van der Waals surface area (Å²) in [4.78, 5) is 13.9. The van der Waals surface area contributed by atoms with Gasteiger partial charge in [-0.05, 0) is 32.4 Å². The van der Waals surface area contributed by atoms with Crippen molar-refractivity contribution >= 4 is 27.5 Å². The van der Waals surface area contributed by atoms with Crippen LogP contribution < -0.4 is 0 Å². The molecule has 0 unspecified atom stereocenters. The van der Waals surface area contributed by atoms with E-state index in [0.717, 1.165) is 21.5 Å². The van der Waals surface area contributed by atoms with Crippen LogP contribution in [0.15, 0.2) is 24.3 Å². The number of benzene rings is 1. The van der Waals surface area contributed by atoms with Gasteiger partial charge in [0.2, 0.25) is 0 Å². The number of carbonyl (C=O) groups is 1. The van der Waals surface area contributed by atoms with E-state index in [9.17, 15) is 4.79 Å². The van der Waals surface area contributed by atoms with Gasteiger partial charge in [0.1, 0.15) is 16.3 Å². The van der Waals surface area contributed by atoms with Crippen molar-refractivity contribution in [3.63, 3.8) is 0 Å². The molecule has 4 nitrogen and oxygen atoms in total. The highest BCUT2D eigenvalue weighted by molar-refractivity contribution is 7.20. The third-order valence-electron chi connectivity index (χ3n) is 3.55. The second kappa shape index (κ2) is 5.57. The van der Waals surface area contributed by atoms with Gasteiger partial charge in [-0.15, -0.1) is 11.3 Å². The Kier molecular flexibility index (Phi) is 3.74. The highest BCUT2D eigenvalue weighted by atomic mass is 32.1. The summed E-state index contributed by atoms with van der Waals surface area (Å²) in [6.45, 7) is 6.33. The van der Waals surface area contributed by atoms with Crippen LogP contribution in [-0.2, 0) is 18.4 Å². The number of carbonyl (C=O) groups excluding carboxylic acids is 1. The molecule has 2 heterocycles. The number of hydrogen-bond acceptors (Lipinski definition) is 4. The number of aromatic nitrogens is 2. The van der Waals surface area contributed by atoms with Crippen LogP contribution in [-0.4, -0.2) is 15.7 Å². The molecule has 0 fully saturated rings. The summed E-state index contributed by atoms with van der Waals surface area (Å²) in [6.07, 6.45) is 0. The molecule has 0 spiro atoms. The highest BCUT2D eigenvalue weighted by Crippen LogP contribution is 2.28. The van der Waals surface area contributed by atoms with Crippen molar-refractivity contribution in [3.8, 4) is 0 Å². The zero-order valence-corrected chi connectivity index (χ0v) is 14.0. The standard InChI is InChI=1S/C17H18N2O2S/c1-10-5-11(2)7-13(6-10)9-21-17(20)15-8-14-12(3)18-19(4)16(14)22-15/h5-8H,9H2,1-4H3. The number of hydrogen-bond donors (Lipinski definition) is 0. The molecule has 0 saturated heterocycles. The lowest BCUT2D eigenvalue weighted by Gasteiger charge is -2.06. The van der Waals surface area contributed by atoms with Gasteiger partial charge in [0.05, 0.1) is 5.69 Å². The second-order valence-electron chi connectivity index (χ2n) is 5.61. The fourth-order valence-electron chi connectivity index (χ4n) is 2.68. The Morgan fingerprint density at radius 3 is 2.50 bits per heavy atom. The molecule has 0 aliphatic carbocycles. The summed E-state index contributed by atoms with van der Waals surface area (Å²) in [5.41, 5.74) is 4.30. The van der Waals surface area contributed by atoms with Gasteiger partial charge in [-0.3, -0.25) is 4.68 Å². The Bertz CT molecular complexity index is 806. The summed E-state index contributed by atoms with van der Waals surface area (Å²) in [5, 5.41) is 5.36. The smallest absolute Gasteiger partial charge is 0.348 e. The summed E-state index contributed by atoms with van der Waals surface area (Å²) < 4.78 is 7.25. The molecular formula is C17H18N2O2S. The number of nitrogens with zero attached hydrogens (tertiary/aromatic N) is 2. The van der Waals surface area contributed by atoms with Crippen molar-refractivity contribution < 1.29 is 9.53 Å². The molecule has 3 rings (SSSR count). The number of esters is 1. The van der Waals surface area contributed by atoms with Crippen LogP contribution in [0.5, 0.6) is 0 Å². The van der Waals surface area contributed by atoms with Crippen molar-refractivity contribution in [2.24, 2.45) is 7.05 Å². The zero-order valence-electron chi connectivity index (χ0n) is 13.1. The lowest BCUT2D eigenvalue weighted by atomic mass is 10.1. The minimum atomic E-state index is -0.278. The van der Waals surface area contributed by atoms with E-state index in [0.29, 0.717) is 11.5 Å². The molecule has 0 bridgehead atoms. The molecule has 0 amide bonds. The topological polar surface area (TPSA) is 44.1 Å². The van der Waals surface area contributed by atoms with Crippen molar-refractivity contribution in [2.75, 3.05) is 0 Å². The molecule has 2 aromatic heterocycles. The first kappa shape index (κ1) is 14.8. The lowest BCUT2D eigenvalue weighted by Crippen LogP contribution is -2.03. The highest BCUT2D eigenvalue weighted by Gasteiger charge is 2.16. The molecule has 0 atom stereocenters. The maximum atomic E-state index is 12.2. The summed E-state index contributed by atoms with van der Waals surface area (Å²) >= 11 is 1.42. The van der Waals surface area contributed by atoms with Gasteiger partial charge in [0.25, 0.3) is 0 Å². The Morgan fingerprint density at radius 1 is 1.18 bits per heavy atom. The van der Waals surface area contributed by atoms with Crippen molar-refractivity contribution in [1.29, 1.82) is 0 Å². The SMILES string of the molecule is Cc1cc(C)cc(COC(=O)c2cc3c(C)nn(C)c3s2)c1. The van der Waals surface area contributed by atoms with E-state index in [1.165, 1.54) is 22.5 Å². The predicted molar refractivity (Wildman–Crippen MR) is 88.4 cm³/mol. The quantitative estimate of drug-likeness (QED) is 0.688. The van der Waals surface area contributed by atoms with Crippen LogP contribution in [0, 0.1) is 20.8 Å². The van der Waals surface area contributed by atoms with Crippen molar-refractivity contribution in [2.45, 2.75) is 27.4 Å². The van der Waals surface area contributed by atoms with E-state index in [-0.39, 0.29) is 5.97 Å². The van der Waals surface area contributed by atoms with E-state index in [2.05, 4.69) is 11.2 Å². The van der Waals surface area contributed by atoms with E-state index in [4.69, 9.17) is 4.74 Å². The molecule has 0 aliphatic rings. The third-order valence-corrected chi connectivity index (χ3v) is 4.73. The average molecular weight is 314 g/mol. The molecule has 114 valence electrons. The van der Waals surface area contributed by atoms with Gasteiger partial charge >= 0.3 is 5.97 Å². The largest absolute Gasteiger partial charge is 0.457 e. The van der Waals surface area contributed by atoms with E-state index < -0.39 is 0 Å². The van der Waals surface area contributed by atoms with Crippen molar-refractivity contribution in [3.05, 3.63) is 51.5 Å². The average Bonchev–Trinajstić information content (AvgIpc) is 2.98. The fraction of sp³-hybridized carbons (Fsp3) is 0.294. The minimum Gasteiger partial charge on any atom is -0.457 e. The van der Waals surface area contributed by atoms with Gasteiger partial charge in [0, 0.05) is 12.4 Å². The van der Waals surface area contributed by atoms with E-state index in [1.807, 2.05) is 46.0 Å². The van der Waals surface area contributed by atoms with Gasteiger partial charge in [-0.25, -0.2) is 4.79 Å². The van der Waals surface area contributed by atoms with Crippen LogP contribution >= 0.6 is 11.3 Å². The molecule has 0 N–H and O–H groups in total. The van der Waals surface area contributed by atoms with Crippen LogP contribution in [0.3, 0.4) is 0 Å². The van der Waals surface area contributed by atoms with Gasteiger partial charge in [-0.1, -0.05) is 29.3 Å². The first-order chi connectivity index (χ1) is 10.4.